The molecule has 4 N–H and O–H groups in total. The van der Waals surface area contributed by atoms with Crippen molar-refractivity contribution in [3.8, 4) is 5.75 Å². The lowest BCUT2D eigenvalue weighted by molar-refractivity contribution is -0.122. The second kappa shape index (κ2) is 6.04. The van der Waals surface area contributed by atoms with Crippen molar-refractivity contribution >= 4 is 11.6 Å². The van der Waals surface area contributed by atoms with E-state index in [2.05, 4.69) is 10.6 Å². The maximum atomic E-state index is 11.5. The topological polar surface area (TPSA) is 76.4 Å². The zero-order chi connectivity index (χ0) is 13.8. The number of nitrogens with one attached hydrogen (secondary N) is 2. The third-order valence-electron chi connectivity index (χ3n) is 3.03. The van der Waals surface area contributed by atoms with Gasteiger partial charge in [0.25, 0.3) is 5.91 Å². The number of carbonyl (C=O) groups is 1. The molecule has 1 aliphatic heterocycles. The van der Waals surface area contributed by atoms with Crippen LogP contribution in [0, 0.1) is 0 Å². The van der Waals surface area contributed by atoms with Crippen LogP contribution in [0.15, 0.2) is 18.2 Å². The van der Waals surface area contributed by atoms with Gasteiger partial charge in [-0.05, 0) is 44.5 Å². The van der Waals surface area contributed by atoms with Crippen molar-refractivity contribution in [2.45, 2.75) is 32.4 Å². The third-order valence-corrected chi connectivity index (χ3v) is 3.03. The molecule has 0 saturated heterocycles. The van der Waals surface area contributed by atoms with Crippen molar-refractivity contribution in [2.24, 2.45) is 5.73 Å². The SMILES string of the molecule is CC(N)CNCCc1ccc2c(c1)NC(=O)C(C)O2. The summed E-state index contributed by atoms with van der Waals surface area (Å²) in [6.07, 6.45) is 0.469. The molecule has 1 heterocycles. The average Bonchev–Trinajstić information content (AvgIpc) is 2.36. The van der Waals surface area contributed by atoms with Crippen molar-refractivity contribution in [2.75, 3.05) is 18.4 Å². The minimum atomic E-state index is -0.425. The van der Waals surface area contributed by atoms with Gasteiger partial charge in [0, 0.05) is 12.6 Å². The lowest BCUT2D eigenvalue weighted by Gasteiger charge is -2.23. The van der Waals surface area contributed by atoms with E-state index in [1.807, 2.05) is 25.1 Å². The Balaban J connectivity index is 1.94. The molecule has 104 valence electrons. The highest BCUT2D eigenvalue weighted by atomic mass is 16.5. The molecule has 1 amide bonds. The normalized spacial score (nSPS) is 19.3. The number of carbonyl (C=O) groups excluding carboxylic acids is 1. The number of hydrogen-bond acceptors (Lipinski definition) is 4. The zero-order valence-corrected chi connectivity index (χ0v) is 11.4. The van der Waals surface area contributed by atoms with E-state index in [-0.39, 0.29) is 11.9 Å². The molecule has 5 heteroatoms. The molecule has 2 atom stereocenters. The molecular weight excluding hydrogens is 242 g/mol. The van der Waals surface area contributed by atoms with Gasteiger partial charge < -0.3 is 21.1 Å². The smallest absolute Gasteiger partial charge is 0.265 e. The quantitative estimate of drug-likeness (QED) is 0.689. The van der Waals surface area contributed by atoms with E-state index in [4.69, 9.17) is 10.5 Å². The summed E-state index contributed by atoms with van der Waals surface area (Å²) in [5.41, 5.74) is 7.58. The van der Waals surface area contributed by atoms with Crippen molar-refractivity contribution in [3.63, 3.8) is 0 Å². The number of rotatable bonds is 5. The number of ether oxygens (including phenoxy) is 1. The van der Waals surface area contributed by atoms with Crippen molar-refractivity contribution < 1.29 is 9.53 Å². The van der Waals surface area contributed by atoms with Gasteiger partial charge >= 0.3 is 0 Å². The molecule has 0 radical (unpaired) electrons. The Morgan fingerprint density at radius 2 is 2.32 bits per heavy atom. The Kier molecular flexibility index (Phi) is 4.39. The van der Waals surface area contributed by atoms with Crippen molar-refractivity contribution in [1.29, 1.82) is 0 Å². The molecule has 1 aliphatic rings. The summed E-state index contributed by atoms with van der Waals surface area (Å²) >= 11 is 0. The second-order valence-corrected chi connectivity index (χ2v) is 5.01. The van der Waals surface area contributed by atoms with Crippen LogP contribution >= 0.6 is 0 Å². The molecule has 19 heavy (non-hydrogen) atoms. The van der Waals surface area contributed by atoms with Crippen LogP contribution in [0.4, 0.5) is 5.69 Å². The van der Waals surface area contributed by atoms with E-state index < -0.39 is 6.10 Å². The first-order chi connectivity index (χ1) is 9.06. The van der Waals surface area contributed by atoms with Crippen molar-refractivity contribution in [3.05, 3.63) is 23.8 Å². The minimum absolute atomic E-state index is 0.0975. The van der Waals surface area contributed by atoms with E-state index >= 15 is 0 Å². The van der Waals surface area contributed by atoms with Gasteiger partial charge in [0.1, 0.15) is 5.75 Å². The summed E-state index contributed by atoms with van der Waals surface area (Å²) in [5, 5.41) is 6.14. The van der Waals surface area contributed by atoms with E-state index in [0.29, 0.717) is 0 Å². The Hall–Kier alpha value is -1.59. The summed E-state index contributed by atoms with van der Waals surface area (Å²) < 4.78 is 5.51. The van der Waals surface area contributed by atoms with Crippen LogP contribution in [-0.4, -0.2) is 31.1 Å². The maximum Gasteiger partial charge on any atom is 0.265 e. The van der Waals surface area contributed by atoms with Gasteiger partial charge in [0.15, 0.2) is 6.10 Å². The molecule has 0 fully saturated rings. The number of nitrogens with two attached hydrogens (primary N) is 1. The Bertz CT molecular complexity index is 460. The molecule has 0 spiro atoms. The number of amides is 1. The fourth-order valence-corrected chi connectivity index (χ4v) is 1.97. The first-order valence-corrected chi connectivity index (χ1v) is 6.63. The lowest BCUT2D eigenvalue weighted by Crippen LogP contribution is -2.34. The molecule has 0 aliphatic carbocycles. The first kappa shape index (κ1) is 13.8. The fraction of sp³-hybridized carbons (Fsp3) is 0.500. The Morgan fingerprint density at radius 1 is 1.53 bits per heavy atom. The summed E-state index contributed by atoms with van der Waals surface area (Å²) in [6, 6.07) is 6.06. The van der Waals surface area contributed by atoms with Crippen LogP contribution in [0.25, 0.3) is 0 Å². The van der Waals surface area contributed by atoms with Crippen LogP contribution in [0.2, 0.25) is 0 Å². The van der Waals surface area contributed by atoms with Crippen LogP contribution in [-0.2, 0) is 11.2 Å². The zero-order valence-electron chi connectivity index (χ0n) is 11.4. The largest absolute Gasteiger partial charge is 0.479 e. The predicted molar refractivity (Wildman–Crippen MR) is 75.4 cm³/mol. The van der Waals surface area contributed by atoms with Crippen LogP contribution in [0.5, 0.6) is 5.75 Å². The minimum Gasteiger partial charge on any atom is -0.479 e. The molecule has 1 aromatic rings. The predicted octanol–water partition coefficient (Wildman–Crippen LogP) is 0.885. The molecule has 0 bridgehead atoms. The summed E-state index contributed by atoms with van der Waals surface area (Å²) in [7, 11) is 0. The summed E-state index contributed by atoms with van der Waals surface area (Å²) in [4.78, 5) is 11.5. The Labute approximate surface area is 113 Å². The fourth-order valence-electron chi connectivity index (χ4n) is 1.97. The van der Waals surface area contributed by atoms with E-state index in [1.54, 1.807) is 6.92 Å². The van der Waals surface area contributed by atoms with Gasteiger partial charge in [0.05, 0.1) is 5.69 Å². The van der Waals surface area contributed by atoms with Crippen LogP contribution in [0.3, 0.4) is 0 Å². The first-order valence-electron chi connectivity index (χ1n) is 6.63. The number of anilines is 1. The Morgan fingerprint density at radius 3 is 3.05 bits per heavy atom. The average molecular weight is 263 g/mol. The van der Waals surface area contributed by atoms with E-state index in [1.165, 1.54) is 0 Å². The molecule has 0 aromatic heterocycles. The van der Waals surface area contributed by atoms with Crippen LogP contribution < -0.4 is 21.1 Å². The molecule has 0 saturated carbocycles. The van der Waals surface area contributed by atoms with Crippen molar-refractivity contribution in [1.82, 2.24) is 5.32 Å². The summed E-state index contributed by atoms with van der Waals surface area (Å²) in [5.74, 6) is 0.638. The molecule has 2 rings (SSSR count). The van der Waals surface area contributed by atoms with E-state index in [0.717, 1.165) is 36.5 Å². The van der Waals surface area contributed by atoms with Gasteiger partial charge in [-0.25, -0.2) is 0 Å². The van der Waals surface area contributed by atoms with Gasteiger partial charge in [-0.2, -0.15) is 0 Å². The highest BCUT2D eigenvalue weighted by Crippen LogP contribution is 2.30. The van der Waals surface area contributed by atoms with Gasteiger partial charge in [-0.3, -0.25) is 4.79 Å². The number of fused-ring (bicyclic) bond motifs is 1. The number of hydrogen-bond donors (Lipinski definition) is 3. The monoisotopic (exact) mass is 263 g/mol. The molecule has 2 unspecified atom stereocenters. The van der Waals surface area contributed by atoms with Gasteiger partial charge in [0.2, 0.25) is 0 Å². The lowest BCUT2D eigenvalue weighted by atomic mass is 10.1. The maximum absolute atomic E-state index is 11.5. The summed E-state index contributed by atoms with van der Waals surface area (Å²) in [6.45, 7) is 5.39. The van der Waals surface area contributed by atoms with Gasteiger partial charge in [-0.15, -0.1) is 0 Å². The van der Waals surface area contributed by atoms with E-state index in [9.17, 15) is 4.79 Å². The molecular formula is C14H21N3O2. The number of benzene rings is 1. The third kappa shape index (κ3) is 3.68. The van der Waals surface area contributed by atoms with Crippen LogP contribution in [0.1, 0.15) is 19.4 Å². The standard InChI is InChI=1S/C14H21N3O2/c1-9(15)8-16-6-5-11-3-4-13-12(7-11)17-14(18)10(2)19-13/h3-4,7,9-10,16H,5-6,8,15H2,1-2H3,(H,17,18). The van der Waals surface area contributed by atoms with Gasteiger partial charge in [-0.1, -0.05) is 6.07 Å². The molecule has 5 nitrogen and oxygen atoms in total. The second-order valence-electron chi connectivity index (χ2n) is 5.01. The highest BCUT2D eigenvalue weighted by molar-refractivity contribution is 5.97. The molecule has 1 aromatic carbocycles. The highest BCUT2D eigenvalue weighted by Gasteiger charge is 2.23.